The highest BCUT2D eigenvalue weighted by molar-refractivity contribution is 7.47. The van der Waals surface area contributed by atoms with Crippen LogP contribution < -0.4 is 0 Å². The summed E-state index contributed by atoms with van der Waals surface area (Å²) in [5, 5.41) is 10.5. The minimum atomic E-state index is -4.93. The van der Waals surface area contributed by atoms with Crippen molar-refractivity contribution in [2.75, 3.05) is 39.6 Å². The molecule has 0 amide bonds. The second-order valence-electron chi connectivity index (χ2n) is 21.5. The molecule has 0 rings (SSSR count). The van der Waals surface area contributed by atoms with E-state index in [9.17, 15) is 43.2 Å². The first-order valence-corrected chi connectivity index (χ1v) is 32.4. The number of aliphatic hydroxyl groups excluding tert-OH is 1. The van der Waals surface area contributed by atoms with Gasteiger partial charge in [-0.3, -0.25) is 37.3 Å². The van der Waals surface area contributed by atoms with E-state index in [2.05, 4.69) is 48.5 Å². The van der Waals surface area contributed by atoms with Gasteiger partial charge in [-0.1, -0.05) is 209 Å². The van der Waals surface area contributed by atoms with Crippen LogP contribution in [0.5, 0.6) is 0 Å². The van der Waals surface area contributed by atoms with Crippen molar-refractivity contribution in [1.82, 2.24) is 0 Å². The van der Waals surface area contributed by atoms with E-state index in [4.69, 9.17) is 37.0 Å². The summed E-state index contributed by atoms with van der Waals surface area (Å²) in [6, 6.07) is 0. The normalized spacial score (nSPS) is 15.0. The molecule has 0 aromatic rings. The van der Waals surface area contributed by atoms with Gasteiger partial charge in [0, 0.05) is 25.7 Å². The average molecular weight is 1120 g/mol. The molecule has 75 heavy (non-hydrogen) atoms. The van der Waals surface area contributed by atoms with Crippen LogP contribution in [0.15, 0.2) is 0 Å². The molecule has 0 radical (unpaired) electrons. The van der Waals surface area contributed by atoms with Gasteiger partial charge in [-0.15, -0.1) is 0 Å². The van der Waals surface area contributed by atoms with Gasteiger partial charge in [0.2, 0.25) is 0 Å². The van der Waals surface area contributed by atoms with Crippen molar-refractivity contribution < 1.29 is 80.2 Å². The summed E-state index contributed by atoms with van der Waals surface area (Å²) in [5.41, 5.74) is 0. The average Bonchev–Trinajstić information content (AvgIpc) is 3.36. The lowest BCUT2D eigenvalue weighted by molar-refractivity contribution is -0.161. The topological polar surface area (TPSA) is 237 Å². The van der Waals surface area contributed by atoms with E-state index in [0.717, 1.165) is 109 Å². The summed E-state index contributed by atoms with van der Waals surface area (Å²) in [5.74, 6) is -0.0417. The fourth-order valence-corrected chi connectivity index (χ4v) is 9.61. The number of ether oxygens (including phenoxy) is 4. The first-order valence-electron chi connectivity index (χ1n) is 29.4. The number of hydrogen-bond donors (Lipinski definition) is 3. The number of hydrogen-bond acceptors (Lipinski definition) is 15. The Bertz CT molecular complexity index is 1510. The van der Waals surface area contributed by atoms with Crippen LogP contribution in [0.3, 0.4) is 0 Å². The summed E-state index contributed by atoms with van der Waals surface area (Å²) in [6.07, 6.45) is 25.8. The van der Waals surface area contributed by atoms with Crippen molar-refractivity contribution >= 4 is 39.5 Å². The molecule has 0 aliphatic heterocycles. The molecule has 19 heteroatoms. The van der Waals surface area contributed by atoms with Gasteiger partial charge in [-0.25, -0.2) is 9.13 Å². The SMILES string of the molecule is CCCCCCCC(=O)OC[C@H](COP(=O)(O)OC[C@H](O)COP(=O)(O)OC[C@@H](COC(=O)CCCCCCCCCC(C)C)OC(=O)CCCCCCCCCC(C)C)OC(=O)CCCCCCCCC(C)CC. The van der Waals surface area contributed by atoms with Crippen LogP contribution >= 0.6 is 15.6 Å². The molecule has 444 valence electrons. The van der Waals surface area contributed by atoms with Gasteiger partial charge in [0.15, 0.2) is 12.2 Å². The molecule has 3 unspecified atom stereocenters. The zero-order valence-electron chi connectivity index (χ0n) is 48.0. The number of carbonyl (C=O) groups excluding carboxylic acids is 4. The Balaban J connectivity index is 5.20. The van der Waals surface area contributed by atoms with Gasteiger partial charge >= 0.3 is 39.5 Å². The molecule has 3 N–H and O–H groups in total. The number of rotatable bonds is 54. The number of unbranched alkanes of at least 4 members (excludes halogenated alkanes) is 21. The third-order valence-corrected chi connectivity index (χ3v) is 14.9. The standard InChI is InChI=1S/C56H108O17P2/c1-8-10-11-20-30-37-53(58)66-43-51(73-56(61)40-33-26-19-18-23-29-36-49(7)9-2)45-70-74(62,63)68-41-50(57)42-69-75(64,65)71-46-52(72-55(60)39-32-25-17-13-15-22-28-35-48(5)6)44-67-54(59)38-31-24-16-12-14-21-27-34-47(3)4/h47-52,57H,8-46H2,1-7H3,(H,62,63)(H,64,65)/t49?,50-,51+,52+/m0/s1. The smallest absolute Gasteiger partial charge is 0.462 e. The lowest BCUT2D eigenvalue weighted by Gasteiger charge is -2.21. The highest BCUT2D eigenvalue weighted by atomic mass is 31.2. The van der Waals surface area contributed by atoms with Crippen LogP contribution in [0.2, 0.25) is 0 Å². The van der Waals surface area contributed by atoms with Gasteiger partial charge < -0.3 is 33.8 Å². The molecule has 0 aromatic carbocycles. The maximum Gasteiger partial charge on any atom is 0.472 e. The molecule has 0 aromatic heterocycles. The lowest BCUT2D eigenvalue weighted by atomic mass is 10.00. The van der Waals surface area contributed by atoms with Crippen molar-refractivity contribution in [3.63, 3.8) is 0 Å². The van der Waals surface area contributed by atoms with Crippen LogP contribution in [-0.2, 0) is 65.4 Å². The van der Waals surface area contributed by atoms with Crippen molar-refractivity contribution in [3.8, 4) is 0 Å². The van der Waals surface area contributed by atoms with Crippen LogP contribution in [0, 0.1) is 17.8 Å². The van der Waals surface area contributed by atoms with Gasteiger partial charge in [0.05, 0.1) is 26.4 Å². The molecule has 6 atom stereocenters. The zero-order valence-corrected chi connectivity index (χ0v) is 49.8. The monoisotopic (exact) mass is 1110 g/mol. The zero-order chi connectivity index (χ0) is 56.0. The second kappa shape index (κ2) is 48.0. The number of carbonyl (C=O) groups is 4. The Hall–Kier alpha value is -1.94. The molecule has 0 fully saturated rings. The van der Waals surface area contributed by atoms with Crippen molar-refractivity contribution in [2.45, 2.75) is 279 Å². The van der Waals surface area contributed by atoms with Crippen molar-refractivity contribution in [1.29, 1.82) is 0 Å². The second-order valence-corrected chi connectivity index (χ2v) is 24.4. The molecule has 0 heterocycles. The fraction of sp³-hybridized carbons (Fsp3) is 0.929. The number of esters is 4. The maximum atomic E-state index is 12.9. The minimum Gasteiger partial charge on any atom is -0.462 e. The fourth-order valence-electron chi connectivity index (χ4n) is 8.03. The predicted octanol–water partition coefficient (Wildman–Crippen LogP) is 14.4. The van der Waals surface area contributed by atoms with Gasteiger partial charge in [0.25, 0.3) is 0 Å². The molecule has 0 spiro atoms. The minimum absolute atomic E-state index is 0.101. The van der Waals surface area contributed by atoms with E-state index >= 15 is 0 Å². The molecular formula is C56H108O17P2. The third-order valence-electron chi connectivity index (χ3n) is 13.0. The maximum absolute atomic E-state index is 12.9. The van der Waals surface area contributed by atoms with Crippen LogP contribution in [0.1, 0.15) is 260 Å². The Kier molecular flexibility index (Phi) is 46.8. The summed E-state index contributed by atoms with van der Waals surface area (Å²) in [6.45, 7) is 11.5. The number of aliphatic hydroxyl groups is 1. The highest BCUT2D eigenvalue weighted by Gasteiger charge is 2.30. The summed E-state index contributed by atoms with van der Waals surface area (Å²) in [4.78, 5) is 71.5. The Morgan fingerprint density at radius 1 is 0.387 bits per heavy atom. The number of phosphoric acid groups is 2. The van der Waals surface area contributed by atoms with Crippen LogP contribution in [0.4, 0.5) is 0 Å². The van der Waals surface area contributed by atoms with Crippen LogP contribution in [0.25, 0.3) is 0 Å². The van der Waals surface area contributed by atoms with Crippen molar-refractivity contribution in [3.05, 3.63) is 0 Å². The predicted molar refractivity (Wildman–Crippen MR) is 294 cm³/mol. The van der Waals surface area contributed by atoms with E-state index in [1.165, 1.54) is 57.8 Å². The first kappa shape index (κ1) is 73.1. The Morgan fingerprint density at radius 3 is 1.01 bits per heavy atom. The van der Waals surface area contributed by atoms with Gasteiger partial charge in [-0.05, 0) is 43.4 Å². The Morgan fingerprint density at radius 2 is 0.680 bits per heavy atom. The molecule has 0 aliphatic carbocycles. The summed E-state index contributed by atoms with van der Waals surface area (Å²) < 4.78 is 67.4. The van der Waals surface area contributed by atoms with E-state index in [0.29, 0.717) is 37.5 Å². The summed E-state index contributed by atoms with van der Waals surface area (Å²) in [7, 11) is -9.86. The van der Waals surface area contributed by atoms with Gasteiger partial charge in [0.1, 0.15) is 19.3 Å². The largest absolute Gasteiger partial charge is 0.472 e. The van der Waals surface area contributed by atoms with Crippen LogP contribution in [-0.4, -0.2) is 96.7 Å². The molecule has 0 saturated heterocycles. The highest BCUT2D eigenvalue weighted by Crippen LogP contribution is 2.45. The molecule has 0 bridgehead atoms. The van der Waals surface area contributed by atoms with Crippen molar-refractivity contribution in [2.24, 2.45) is 17.8 Å². The summed E-state index contributed by atoms with van der Waals surface area (Å²) >= 11 is 0. The first-order chi connectivity index (χ1) is 35.8. The van der Waals surface area contributed by atoms with E-state index in [1.807, 2.05) is 0 Å². The molecular weight excluding hydrogens is 1010 g/mol. The van der Waals surface area contributed by atoms with E-state index in [-0.39, 0.29) is 25.7 Å². The molecule has 0 aliphatic rings. The molecule has 0 saturated carbocycles. The quantitative estimate of drug-likeness (QED) is 0.0222. The Labute approximate surface area is 454 Å². The molecule has 17 nitrogen and oxygen atoms in total. The van der Waals surface area contributed by atoms with Gasteiger partial charge in [-0.2, -0.15) is 0 Å². The lowest BCUT2D eigenvalue weighted by Crippen LogP contribution is -2.30. The van der Waals surface area contributed by atoms with E-state index < -0.39 is 97.5 Å². The number of phosphoric ester groups is 2. The van der Waals surface area contributed by atoms with E-state index in [1.54, 1.807) is 0 Å². The third kappa shape index (κ3) is 50.1.